The number of carbonyl (C=O) groups is 2. The highest BCUT2D eigenvalue weighted by Gasteiger charge is 2.37. The van der Waals surface area contributed by atoms with Crippen LogP contribution in [0.3, 0.4) is 0 Å². The number of nitrogens with one attached hydrogen (secondary N) is 2. The van der Waals surface area contributed by atoms with E-state index < -0.39 is 11.6 Å². The number of anilines is 2. The molecule has 1 atom stereocenters. The minimum absolute atomic E-state index is 0.000110. The first-order chi connectivity index (χ1) is 17.0. The summed E-state index contributed by atoms with van der Waals surface area (Å²) in [5.74, 6) is 1.04. The zero-order chi connectivity index (χ0) is 25.8. The monoisotopic (exact) mass is 531 g/mol. The highest BCUT2D eigenvalue weighted by atomic mass is 35.5. The summed E-state index contributed by atoms with van der Waals surface area (Å²) in [6, 6.07) is 8.73. The van der Waals surface area contributed by atoms with Gasteiger partial charge < -0.3 is 24.6 Å². The van der Waals surface area contributed by atoms with Crippen LogP contribution in [0.5, 0.6) is 5.75 Å². The number of benzene rings is 2. The van der Waals surface area contributed by atoms with Gasteiger partial charge >= 0.3 is 6.09 Å². The normalized spacial score (nSPS) is 19.3. The molecule has 0 saturated carbocycles. The SMILES string of the molecule is CC1C(=O)NN=C2COc3cc(-c4ccc(Cl)cc4Cl)c(NC4CN(C(=O)OC(C)(C)C)C4)cc3N21. The van der Waals surface area contributed by atoms with Crippen molar-refractivity contribution in [1.82, 2.24) is 10.3 Å². The second-order valence-corrected chi connectivity index (χ2v) is 10.9. The molecule has 0 radical (unpaired) electrons. The van der Waals surface area contributed by atoms with Crippen LogP contribution < -0.4 is 20.4 Å². The van der Waals surface area contributed by atoms with Crippen LogP contribution >= 0.6 is 23.2 Å². The van der Waals surface area contributed by atoms with E-state index in [2.05, 4.69) is 15.8 Å². The molecule has 5 rings (SSSR count). The Labute approximate surface area is 219 Å². The Morgan fingerprint density at radius 2 is 1.94 bits per heavy atom. The quantitative estimate of drug-likeness (QED) is 0.594. The van der Waals surface area contributed by atoms with Crippen molar-refractivity contribution < 1.29 is 19.1 Å². The predicted octanol–water partition coefficient (Wildman–Crippen LogP) is 4.72. The Bertz CT molecular complexity index is 1270. The van der Waals surface area contributed by atoms with Crippen LogP contribution in [0.1, 0.15) is 27.7 Å². The van der Waals surface area contributed by atoms with E-state index in [1.165, 1.54) is 0 Å². The second kappa shape index (κ2) is 9.05. The van der Waals surface area contributed by atoms with E-state index >= 15 is 0 Å². The molecule has 0 aliphatic carbocycles. The van der Waals surface area contributed by atoms with E-state index in [0.717, 1.165) is 22.5 Å². The van der Waals surface area contributed by atoms with Crippen LogP contribution in [0.15, 0.2) is 35.4 Å². The Hall–Kier alpha value is -3.17. The van der Waals surface area contributed by atoms with Gasteiger partial charge in [-0.15, -0.1) is 0 Å². The number of rotatable bonds is 3. The van der Waals surface area contributed by atoms with E-state index in [9.17, 15) is 9.59 Å². The number of hydrogen-bond acceptors (Lipinski definition) is 7. The molecule has 36 heavy (non-hydrogen) atoms. The van der Waals surface area contributed by atoms with Gasteiger partial charge in [0.2, 0.25) is 0 Å². The Balaban J connectivity index is 1.49. The van der Waals surface area contributed by atoms with Crippen molar-refractivity contribution in [1.29, 1.82) is 0 Å². The van der Waals surface area contributed by atoms with Crippen molar-refractivity contribution in [2.75, 3.05) is 29.9 Å². The lowest BCUT2D eigenvalue weighted by Crippen LogP contribution is -2.58. The van der Waals surface area contributed by atoms with Gasteiger partial charge in [-0.2, -0.15) is 5.10 Å². The molecule has 11 heteroatoms. The summed E-state index contributed by atoms with van der Waals surface area (Å²) in [5, 5.41) is 8.74. The smallest absolute Gasteiger partial charge is 0.410 e. The fraction of sp³-hybridized carbons (Fsp3) is 0.400. The summed E-state index contributed by atoms with van der Waals surface area (Å²) in [5.41, 5.74) is 5.10. The van der Waals surface area contributed by atoms with Gasteiger partial charge in [-0.25, -0.2) is 10.2 Å². The molecule has 2 N–H and O–H groups in total. The molecule has 2 aromatic carbocycles. The maximum Gasteiger partial charge on any atom is 0.410 e. The Morgan fingerprint density at radius 1 is 1.19 bits per heavy atom. The lowest BCUT2D eigenvalue weighted by Gasteiger charge is -2.41. The highest BCUT2D eigenvalue weighted by Crippen LogP contribution is 2.45. The van der Waals surface area contributed by atoms with E-state index in [1.807, 2.05) is 50.8 Å². The van der Waals surface area contributed by atoms with Gasteiger partial charge in [0.25, 0.3) is 5.91 Å². The summed E-state index contributed by atoms with van der Waals surface area (Å²) < 4.78 is 11.5. The topological polar surface area (TPSA) is 95.5 Å². The minimum atomic E-state index is -0.552. The lowest BCUT2D eigenvalue weighted by atomic mass is 9.99. The third kappa shape index (κ3) is 4.65. The van der Waals surface area contributed by atoms with Gasteiger partial charge in [-0.05, 0) is 52.0 Å². The number of ether oxygens (including phenoxy) is 2. The van der Waals surface area contributed by atoms with Gasteiger partial charge in [-0.3, -0.25) is 4.79 Å². The number of nitrogens with zero attached hydrogens (tertiary/aromatic N) is 3. The second-order valence-electron chi connectivity index (χ2n) is 10.1. The lowest BCUT2D eigenvalue weighted by molar-refractivity contribution is -0.122. The van der Waals surface area contributed by atoms with Crippen LogP contribution in [0.25, 0.3) is 11.1 Å². The minimum Gasteiger partial charge on any atom is -0.483 e. The molecule has 1 unspecified atom stereocenters. The molecule has 3 heterocycles. The summed E-state index contributed by atoms with van der Waals surface area (Å²) in [7, 11) is 0. The zero-order valence-electron chi connectivity index (χ0n) is 20.4. The maximum atomic E-state index is 12.4. The Kier molecular flexibility index (Phi) is 6.16. The van der Waals surface area contributed by atoms with Crippen molar-refractivity contribution in [2.24, 2.45) is 5.10 Å². The Morgan fingerprint density at radius 3 is 2.64 bits per heavy atom. The number of hydrazone groups is 1. The van der Waals surface area contributed by atoms with Crippen molar-refractivity contribution in [2.45, 2.75) is 45.4 Å². The summed E-state index contributed by atoms with van der Waals surface area (Å²) in [6.07, 6.45) is -0.339. The molecule has 0 spiro atoms. The molecule has 3 aliphatic rings. The van der Waals surface area contributed by atoms with Crippen LogP contribution in [-0.4, -0.2) is 60.1 Å². The molecule has 190 valence electrons. The van der Waals surface area contributed by atoms with Gasteiger partial charge in [0, 0.05) is 39.9 Å². The molecule has 1 fully saturated rings. The molecule has 2 aromatic rings. The number of likely N-dealkylation sites (tertiary alicyclic amines) is 1. The van der Waals surface area contributed by atoms with Crippen LogP contribution in [0.4, 0.5) is 16.2 Å². The average molecular weight is 532 g/mol. The first-order valence-corrected chi connectivity index (χ1v) is 12.4. The van der Waals surface area contributed by atoms with Crippen molar-refractivity contribution >= 4 is 52.4 Å². The summed E-state index contributed by atoms with van der Waals surface area (Å²) in [6.45, 7) is 8.56. The molecule has 0 bridgehead atoms. The number of amidine groups is 1. The van der Waals surface area contributed by atoms with Crippen LogP contribution in [0, 0.1) is 0 Å². The first-order valence-electron chi connectivity index (χ1n) is 11.7. The standard InChI is InChI=1S/C25H27Cl2N5O4/c1-13-23(33)30-29-22-12-35-21-8-17(16-6-5-14(26)7-18(16)27)19(9-20(21)32(13)22)28-15-10-31(11-15)24(34)36-25(2,3)4/h5-9,13,15,28H,10-12H2,1-4H3,(H,30,33). The predicted molar refractivity (Wildman–Crippen MR) is 140 cm³/mol. The molecular weight excluding hydrogens is 505 g/mol. The van der Waals surface area contributed by atoms with E-state index in [-0.39, 0.29) is 24.6 Å². The van der Waals surface area contributed by atoms with Crippen LogP contribution in [0.2, 0.25) is 10.0 Å². The molecule has 9 nitrogen and oxygen atoms in total. The van der Waals surface area contributed by atoms with Crippen molar-refractivity contribution in [3.8, 4) is 16.9 Å². The van der Waals surface area contributed by atoms with Gasteiger partial charge in [0.15, 0.2) is 5.84 Å². The fourth-order valence-electron chi connectivity index (χ4n) is 4.39. The number of hydrogen-bond donors (Lipinski definition) is 2. The third-order valence-electron chi connectivity index (χ3n) is 6.17. The van der Waals surface area contributed by atoms with Gasteiger partial charge in [0.05, 0.1) is 11.7 Å². The summed E-state index contributed by atoms with van der Waals surface area (Å²) in [4.78, 5) is 28.3. The van der Waals surface area contributed by atoms with E-state index in [0.29, 0.717) is 34.7 Å². The third-order valence-corrected chi connectivity index (χ3v) is 6.72. The number of carbonyl (C=O) groups excluding carboxylic acids is 2. The van der Waals surface area contributed by atoms with Crippen molar-refractivity contribution in [3.63, 3.8) is 0 Å². The van der Waals surface area contributed by atoms with Gasteiger partial charge in [0.1, 0.15) is 24.0 Å². The van der Waals surface area contributed by atoms with Crippen molar-refractivity contribution in [3.05, 3.63) is 40.4 Å². The number of fused-ring (bicyclic) bond motifs is 3. The maximum absolute atomic E-state index is 12.4. The molecule has 0 aromatic heterocycles. The molecule has 2 amide bonds. The van der Waals surface area contributed by atoms with E-state index in [1.54, 1.807) is 17.0 Å². The first kappa shape index (κ1) is 24.5. The fourth-order valence-corrected chi connectivity index (χ4v) is 4.90. The van der Waals surface area contributed by atoms with Gasteiger partial charge in [-0.1, -0.05) is 29.3 Å². The molecule has 3 aliphatic heterocycles. The largest absolute Gasteiger partial charge is 0.483 e. The zero-order valence-corrected chi connectivity index (χ0v) is 21.9. The van der Waals surface area contributed by atoms with E-state index in [4.69, 9.17) is 32.7 Å². The van der Waals surface area contributed by atoms with Crippen LogP contribution in [-0.2, 0) is 9.53 Å². The number of amides is 2. The highest BCUT2D eigenvalue weighted by molar-refractivity contribution is 6.36. The number of halogens is 2. The molecule has 1 saturated heterocycles. The summed E-state index contributed by atoms with van der Waals surface area (Å²) >= 11 is 12.7. The average Bonchev–Trinajstić information content (AvgIpc) is 2.76. The molecular formula is C25H27Cl2N5O4.